The second-order valence-electron chi connectivity index (χ2n) is 4.69. The van der Waals surface area contributed by atoms with Gasteiger partial charge < -0.3 is 5.73 Å². The Hall–Kier alpha value is -1.41. The second kappa shape index (κ2) is 5.28. The van der Waals surface area contributed by atoms with Crippen molar-refractivity contribution in [1.82, 2.24) is 4.98 Å². The Morgan fingerprint density at radius 2 is 1.94 bits per heavy atom. The molecule has 2 nitrogen and oxygen atoms in total. The van der Waals surface area contributed by atoms with Gasteiger partial charge in [-0.3, -0.25) is 4.98 Å². The van der Waals surface area contributed by atoms with Crippen molar-refractivity contribution in [2.75, 3.05) is 6.54 Å². The molecule has 0 atom stereocenters. The predicted octanol–water partition coefficient (Wildman–Crippen LogP) is 3.13. The van der Waals surface area contributed by atoms with Gasteiger partial charge in [-0.15, -0.1) is 0 Å². The van der Waals surface area contributed by atoms with Crippen LogP contribution in [0.15, 0.2) is 24.3 Å². The normalized spacial score (nSPS) is 11.0. The van der Waals surface area contributed by atoms with Gasteiger partial charge in [0.2, 0.25) is 0 Å². The highest BCUT2D eigenvalue weighted by Crippen LogP contribution is 2.21. The van der Waals surface area contributed by atoms with Gasteiger partial charge in [-0.25, -0.2) is 0 Å². The third-order valence-corrected chi connectivity index (χ3v) is 3.08. The molecular formula is C15H20N2. The summed E-state index contributed by atoms with van der Waals surface area (Å²) in [6, 6.07) is 8.68. The molecule has 90 valence electrons. The number of hydrogen-bond acceptors (Lipinski definition) is 2. The van der Waals surface area contributed by atoms with Gasteiger partial charge >= 0.3 is 0 Å². The van der Waals surface area contributed by atoms with E-state index >= 15 is 0 Å². The van der Waals surface area contributed by atoms with E-state index in [1.807, 2.05) is 0 Å². The van der Waals surface area contributed by atoms with Crippen molar-refractivity contribution < 1.29 is 0 Å². The number of nitrogens with two attached hydrogens (primary N) is 1. The highest BCUT2D eigenvalue weighted by atomic mass is 14.7. The molecule has 0 aliphatic rings. The Kier molecular flexibility index (Phi) is 3.75. The molecule has 0 spiro atoms. The first-order valence-corrected chi connectivity index (χ1v) is 6.27. The molecular weight excluding hydrogens is 208 g/mol. The van der Waals surface area contributed by atoms with Crippen LogP contribution in [0, 0.1) is 13.8 Å². The van der Waals surface area contributed by atoms with Crippen molar-refractivity contribution in [1.29, 1.82) is 0 Å². The molecule has 1 heterocycles. The van der Waals surface area contributed by atoms with Gasteiger partial charge in [0.05, 0.1) is 5.52 Å². The largest absolute Gasteiger partial charge is 0.330 e. The zero-order chi connectivity index (χ0) is 12.3. The van der Waals surface area contributed by atoms with Crippen molar-refractivity contribution in [3.8, 4) is 0 Å². The lowest BCUT2D eigenvalue weighted by molar-refractivity contribution is 0.746. The van der Waals surface area contributed by atoms with Gasteiger partial charge in [-0.1, -0.05) is 11.6 Å². The maximum Gasteiger partial charge on any atom is 0.0708 e. The van der Waals surface area contributed by atoms with Gasteiger partial charge in [-0.05, 0) is 63.4 Å². The molecule has 0 saturated heterocycles. The number of rotatable bonds is 4. The van der Waals surface area contributed by atoms with E-state index in [4.69, 9.17) is 5.73 Å². The summed E-state index contributed by atoms with van der Waals surface area (Å²) < 4.78 is 0. The molecule has 2 aromatic rings. The number of unbranched alkanes of at least 4 members (excludes halogenated alkanes) is 1. The van der Waals surface area contributed by atoms with Crippen LogP contribution in [0.1, 0.15) is 29.7 Å². The van der Waals surface area contributed by atoms with Crippen molar-refractivity contribution in [2.24, 2.45) is 5.73 Å². The molecule has 1 aromatic carbocycles. The first kappa shape index (κ1) is 12.1. The summed E-state index contributed by atoms with van der Waals surface area (Å²) in [7, 11) is 0. The number of fused-ring (bicyclic) bond motifs is 1. The standard InChI is InChI=1S/C15H20N2/c1-11-6-7-15-14(9-11)13(5-3-4-8-16)10-12(2)17-15/h6-7,9-10H,3-5,8,16H2,1-2H3. The molecule has 2 heteroatoms. The zero-order valence-corrected chi connectivity index (χ0v) is 10.7. The lowest BCUT2D eigenvalue weighted by atomic mass is 10.0. The molecule has 0 unspecified atom stereocenters. The SMILES string of the molecule is Cc1ccc2nc(C)cc(CCCCN)c2c1. The lowest BCUT2D eigenvalue weighted by Crippen LogP contribution is -2.00. The van der Waals surface area contributed by atoms with Gasteiger partial charge in [0.25, 0.3) is 0 Å². The number of benzene rings is 1. The number of hydrogen-bond donors (Lipinski definition) is 1. The summed E-state index contributed by atoms with van der Waals surface area (Å²) in [4.78, 5) is 4.58. The minimum atomic E-state index is 0.779. The number of aromatic nitrogens is 1. The molecule has 0 radical (unpaired) electrons. The fraction of sp³-hybridized carbons (Fsp3) is 0.400. The monoisotopic (exact) mass is 228 g/mol. The minimum Gasteiger partial charge on any atom is -0.330 e. The van der Waals surface area contributed by atoms with Crippen LogP contribution < -0.4 is 5.73 Å². The summed E-state index contributed by atoms with van der Waals surface area (Å²) in [5.41, 5.74) is 10.5. The summed E-state index contributed by atoms with van der Waals surface area (Å²) in [5.74, 6) is 0. The molecule has 2 rings (SSSR count). The van der Waals surface area contributed by atoms with Crippen LogP contribution in [0.3, 0.4) is 0 Å². The quantitative estimate of drug-likeness (QED) is 0.816. The van der Waals surface area contributed by atoms with Crippen LogP contribution in [-0.4, -0.2) is 11.5 Å². The van der Waals surface area contributed by atoms with Crippen molar-refractivity contribution >= 4 is 10.9 Å². The molecule has 17 heavy (non-hydrogen) atoms. The maximum absolute atomic E-state index is 5.55. The minimum absolute atomic E-state index is 0.779. The zero-order valence-electron chi connectivity index (χ0n) is 10.7. The summed E-state index contributed by atoms with van der Waals surface area (Å²) in [5, 5.41) is 1.30. The van der Waals surface area contributed by atoms with Gasteiger partial charge in [0.15, 0.2) is 0 Å². The van der Waals surface area contributed by atoms with E-state index < -0.39 is 0 Å². The van der Waals surface area contributed by atoms with Crippen molar-refractivity contribution in [3.63, 3.8) is 0 Å². The van der Waals surface area contributed by atoms with Crippen molar-refractivity contribution in [2.45, 2.75) is 33.1 Å². The van der Waals surface area contributed by atoms with E-state index in [0.717, 1.165) is 37.0 Å². The number of pyridine rings is 1. The van der Waals surface area contributed by atoms with Crippen LogP contribution in [0.5, 0.6) is 0 Å². The summed E-state index contributed by atoms with van der Waals surface area (Å²) in [6.45, 7) is 4.97. The fourth-order valence-electron chi connectivity index (χ4n) is 2.22. The van der Waals surface area contributed by atoms with E-state index in [1.54, 1.807) is 0 Å². The van der Waals surface area contributed by atoms with Crippen LogP contribution >= 0.6 is 0 Å². The fourth-order valence-corrected chi connectivity index (χ4v) is 2.22. The number of aryl methyl sites for hydroxylation is 3. The van der Waals surface area contributed by atoms with E-state index in [1.165, 1.54) is 16.5 Å². The smallest absolute Gasteiger partial charge is 0.0708 e. The van der Waals surface area contributed by atoms with Crippen LogP contribution in [-0.2, 0) is 6.42 Å². The third-order valence-electron chi connectivity index (χ3n) is 3.08. The van der Waals surface area contributed by atoms with Gasteiger partial charge in [0, 0.05) is 11.1 Å². The first-order valence-electron chi connectivity index (χ1n) is 6.27. The Labute approximate surface area is 103 Å². The molecule has 0 fully saturated rings. The lowest BCUT2D eigenvalue weighted by Gasteiger charge is -2.08. The van der Waals surface area contributed by atoms with Gasteiger partial charge in [-0.2, -0.15) is 0 Å². The third kappa shape index (κ3) is 2.83. The Morgan fingerprint density at radius 3 is 2.71 bits per heavy atom. The van der Waals surface area contributed by atoms with Crippen molar-refractivity contribution in [3.05, 3.63) is 41.1 Å². The predicted molar refractivity (Wildman–Crippen MR) is 73.2 cm³/mol. The summed E-state index contributed by atoms with van der Waals surface area (Å²) >= 11 is 0. The Morgan fingerprint density at radius 1 is 1.12 bits per heavy atom. The topological polar surface area (TPSA) is 38.9 Å². The molecule has 1 aromatic heterocycles. The summed E-state index contributed by atoms with van der Waals surface area (Å²) in [6.07, 6.45) is 3.35. The highest BCUT2D eigenvalue weighted by molar-refractivity contribution is 5.83. The average molecular weight is 228 g/mol. The number of nitrogens with zero attached hydrogens (tertiary/aromatic N) is 1. The molecule has 0 amide bonds. The maximum atomic E-state index is 5.55. The second-order valence-corrected chi connectivity index (χ2v) is 4.69. The van der Waals surface area contributed by atoms with E-state index in [0.29, 0.717) is 0 Å². The Bertz CT molecular complexity index is 518. The van der Waals surface area contributed by atoms with Crippen LogP contribution in [0.2, 0.25) is 0 Å². The van der Waals surface area contributed by atoms with E-state index in [2.05, 4.69) is 43.1 Å². The van der Waals surface area contributed by atoms with Gasteiger partial charge in [0.1, 0.15) is 0 Å². The van der Waals surface area contributed by atoms with Crippen LogP contribution in [0.4, 0.5) is 0 Å². The molecule has 2 N–H and O–H groups in total. The molecule has 0 saturated carbocycles. The molecule has 0 bridgehead atoms. The highest BCUT2D eigenvalue weighted by Gasteiger charge is 2.04. The average Bonchev–Trinajstić information content (AvgIpc) is 2.30. The Balaban J connectivity index is 2.40. The molecule has 0 aliphatic heterocycles. The first-order chi connectivity index (χ1) is 8.20. The van der Waals surface area contributed by atoms with Crippen LogP contribution in [0.25, 0.3) is 10.9 Å². The molecule has 0 aliphatic carbocycles. The van der Waals surface area contributed by atoms with E-state index in [9.17, 15) is 0 Å². The van der Waals surface area contributed by atoms with E-state index in [-0.39, 0.29) is 0 Å².